The van der Waals surface area contributed by atoms with Gasteiger partial charge in [0, 0.05) is 25.0 Å². The number of aryl methyl sites for hydroxylation is 1. The molecule has 112 valence electrons. The van der Waals surface area contributed by atoms with Gasteiger partial charge in [0.25, 0.3) is 0 Å². The van der Waals surface area contributed by atoms with Crippen molar-refractivity contribution in [2.75, 3.05) is 12.4 Å². The average molecular weight is 298 g/mol. The number of rotatable bonds is 5. The van der Waals surface area contributed by atoms with Crippen molar-refractivity contribution in [2.45, 2.75) is 0 Å². The molecule has 0 bridgehead atoms. The summed E-state index contributed by atoms with van der Waals surface area (Å²) in [6.07, 6.45) is 2.79. The molecule has 7 heteroatoms. The van der Waals surface area contributed by atoms with E-state index in [-0.39, 0.29) is 5.56 Å². The number of Topliss-reactive ketones (excluding diaryl/α,β-unsaturated/α-hetero) is 1. The fourth-order valence-electron chi connectivity index (χ4n) is 1.87. The summed E-state index contributed by atoms with van der Waals surface area (Å²) in [5.74, 6) is -2.15. The molecular weight excluding hydrogens is 284 g/mol. The highest BCUT2D eigenvalue weighted by Gasteiger charge is 2.28. The third kappa shape index (κ3) is 3.30. The van der Waals surface area contributed by atoms with E-state index in [0.29, 0.717) is 11.4 Å². The van der Waals surface area contributed by atoms with Gasteiger partial charge in [-0.2, -0.15) is 10.4 Å². The number of methoxy groups -OCH3 is 1. The number of hydrogen-bond donors (Lipinski definition) is 1. The molecule has 0 spiro atoms. The lowest BCUT2D eigenvalue weighted by atomic mass is 10.0. The summed E-state index contributed by atoms with van der Waals surface area (Å²) in [7, 11) is 3.15. The van der Waals surface area contributed by atoms with E-state index in [1.54, 1.807) is 37.4 Å². The second-order valence-electron chi connectivity index (χ2n) is 4.55. The van der Waals surface area contributed by atoms with Crippen LogP contribution in [0, 0.1) is 17.2 Å². The minimum atomic E-state index is -1.43. The van der Waals surface area contributed by atoms with E-state index in [4.69, 9.17) is 10.00 Å². The molecule has 0 fully saturated rings. The summed E-state index contributed by atoms with van der Waals surface area (Å²) in [5, 5.41) is 15.5. The summed E-state index contributed by atoms with van der Waals surface area (Å²) < 4.78 is 6.48. The molecule has 0 aliphatic carbocycles. The highest BCUT2D eigenvalue weighted by molar-refractivity contribution is 6.15. The molecule has 0 saturated carbocycles. The van der Waals surface area contributed by atoms with Crippen LogP contribution in [0.3, 0.4) is 0 Å². The Hall–Kier alpha value is -3.14. The molecular formula is C15H14N4O3. The quantitative estimate of drug-likeness (QED) is 0.664. The van der Waals surface area contributed by atoms with Crippen LogP contribution < -0.4 is 10.1 Å². The number of ketones is 1. The number of nitrogens with one attached hydrogen (secondary N) is 1. The molecule has 0 saturated heterocycles. The van der Waals surface area contributed by atoms with Crippen LogP contribution in [0.25, 0.3) is 0 Å². The van der Waals surface area contributed by atoms with E-state index < -0.39 is 17.6 Å². The lowest BCUT2D eigenvalue weighted by Crippen LogP contribution is -2.28. The first-order chi connectivity index (χ1) is 10.5. The second kappa shape index (κ2) is 6.54. The van der Waals surface area contributed by atoms with Gasteiger partial charge in [0.15, 0.2) is 11.7 Å². The Morgan fingerprint density at radius 2 is 2.23 bits per heavy atom. The molecule has 0 aliphatic rings. The zero-order valence-corrected chi connectivity index (χ0v) is 12.1. The fraction of sp³-hybridized carbons (Fsp3) is 0.200. The Labute approximate surface area is 127 Å². The number of nitriles is 1. The maximum absolute atomic E-state index is 12.2. The fourth-order valence-corrected chi connectivity index (χ4v) is 1.87. The van der Waals surface area contributed by atoms with E-state index in [2.05, 4.69) is 10.4 Å². The van der Waals surface area contributed by atoms with Crippen molar-refractivity contribution in [1.29, 1.82) is 5.26 Å². The zero-order chi connectivity index (χ0) is 16.1. The van der Waals surface area contributed by atoms with Crippen molar-refractivity contribution >= 4 is 17.4 Å². The van der Waals surface area contributed by atoms with Crippen molar-refractivity contribution in [1.82, 2.24) is 9.78 Å². The van der Waals surface area contributed by atoms with Crippen molar-refractivity contribution in [3.8, 4) is 11.8 Å². The first-order valence-corrected chi connectivity index (χ1v) is 6.42. The van der Waals surface area contributed by atoms with Crippen LogP contribution in [0.2, 0.25) is 0 Å². The van der Waals surface area contributed by atoms with Crippen LogP contribution in [0.15, 0.2) is 36.7 Å². The van der Waals surface area contributed by atoms with Crippen molar-refractivity contribution in [3.63, 3.8) is 0 Å². The number of anilines is 1. The normalized spacial score (nSPS) is 11.3. The molecule has 1 heterocycles. The highest BCUT2D eigenvalue weighted by atomic mass is 16.5. The number of ether oxygens (including phenoxy) is 1. The molecule has 22 heavy (non-hydrogen) atoms. The number of amides is 1. The van der Waals surface area contributed by atoms with Gasteiger partial charge in [0.05, 0.1) is 24.9 Å². The van der Waals surface area contributed by atoms with Crippen molar-refractivity contribution < 1.29 is 14.3 Å². The van der Waals surface area contributed by atoms with Gasteiger partial charge in [-0.15, -0.1) is 0 Å². The van der Waals surface area contributed by atoms with Crippen molar-refractivity contribution in [3.05, 3.63) is 42.2 Å². The topological polar surface area (TPSA) is 97.0 Å². The third-order valence-electron chi connectivity index (χ3n) is 2.98. The molecule has 1 aromatic heterocycles. The molecule has 1 aromatic carbocycles. The number of benzene rings is 1. The minimum absolute atomic E-state index is 0.217. The zero-order valence-electron chi connectivity index (χ0n) is 12.1. The first kappa shape index (κ1) is 15.3. The summed E-state index contributed by atoms with van der Waals surface area (Å²) >= 11 is 0. The van der Waals surface area contributed by atoms with Gasteiger partial charge < -0.3 is 10.1 Å². The predicted octanol–water partition coefficient (Wildman–Crippen LogP) is 1.39. The molecule has 1 unspecified atom stereocenters. The summed E-state index contributed by atoms with van der Waals surface area (Å²) in [6, 6.07) is 8.38. The monoisotopic (exact) mass is 298 g/mol. The number of carbonyl (C=O) groups is 2. The maximum atomic E-state index is 12.2. The molecule has 2 aromatic rings. The summed E-state index contributed by atoms with van der Waals surface area (Å²) in [5.41, 5.74) is 0.665. The van der Waals surface area contributed by atoms with Gasteiger partial charge >= 0.3 is 0 Å². The lowest BCUT2D eigenvalue weighted by Gasteiger charge is -2.09. The van der Waals surface area contributed by atoms with Crippen LogP contribution in [0.5, 0.6) is 5.75 Å². The molecule has 7 nitrogen and oxygen atoms in total. The van der Waals surface area contributed by atoms with Crippen molar-refractivity contribution in [2.24, 2.45) is 13.0 Å². The number of nitrogens with zero attached hydrogens (tertiary/aromatic N) is 3. The van der Waals surface area contributed by atoms with Gasteiger partial charge in [-0.1, -0.05) is 6.07 Å². The Kier molecular flexibility index (Phi) is 4.53. The van der Waals surface area contributed by atoms with E-state index in [0.717, 1.165) is 0 Å². The minimum Gasteiger partial charge on any atom is -0.497 e. The summed E-state index contributed by atoms with van der Waals surface area (Å²) in [6.45, 7) is 0. The third-order valence-corrected chi connectivity index (χ3v) is 2.98. The molecule has 0 aliphatic heterocycles. The smallest absolute Gasteiger partial charge is 0.249 e. The Balaban J connectivity index is 2.15. The molecule has 0 radical (unpaired) electrons. The van der Waals surface area contributed by atoms with Crippen LogP contribution in [-0.2, 0) is 11.8 Å². The van der Waals surface area contributed by atoms with Crippen LogP contribution in [0.4, 0.5) is 5.69 Å². The van der Waals surface area contributed by atoms with Gasteiger partial charge in [0.2, 0.25) is 5.91 Å². The van der Waals surface area contributed by atoms with Gasteiger partial charge in [-0.25, -0.2) is 0 Å². The highest BCUT2D eigenvalue weighted by Crippen LogP contribution is 2.18. The first-order valence-electron chi connectivity index (χ1n) is 6.42. The predicted molar refractivity (Wildman–Crippen MR) is 78.3 cm³/mol. The lowest BCUT2D eigenvalue weighted by molar-refractivity contribution is -0.117. The number of aromatic nitrogens is 2. The van der Waals surface area contributed by atoms with E-state index in [9.17, 15) is 9.59 Å². The Morgan fingerprint density at radius 3 is 2.82 bits per heavy atom. The van der Waals surface area contributed by atoms with Crippen LogP contribution >= 0.6 is 0 Å². The maximum Gasteiger partial charge on any atom is 0.249 e. The number of hydrogen-bond acceptors (Lipinski definition) is 5. The molecule has 1 atom stereocenters. The SMILES string of the molecule is COc1cccc(NC(=O)C(C#N)C(=O)c2cnn(C)c2)c1. The van der Waals surface area contributed by atoms with E-state index in [1.807, 2.05) is 0 Å². The van der Waals surface area contributed by atoms with E-state index >= 15 is 0 Å². The molecule has 1 amide bonds. The summed E-state index contributed by atoms with van der Waals surface area (Å²) in [4.78, 5) is 24.3. The van der Waals surface area contributed by atoms with Crippen LogP contribution in [-0.4, -0.2) is 28.6 Å². The van der Waals surface area contributed by atoms with Gasteiger partial charge in [-0.3, -0.25) is 14.3 Å². The van der Waals surface area contributed by atoms with Gasteiger partial charge in [-0.05, 0) is 12.1 Å². The second-order valence-corrected chi connectivity index (χ2v) is 4.55. The van der Waals surface area contributed by atoms with E-state index in [1.165, 1.54) is 24.2 Å². The average Bonchev–Trinajstić information content (AvgIpc) is 2.94. The number of carbonyl (C=O) groups excluding carboxylic acids is 2. The standard InChI is InChI=1S/C15H14N4O3/c1-19-9-10(8-17-19)14(20)13(7-16)15(21)18-11-4-3-5-12(6-11)22-2/h3-6,8-9,13H,1-2H3,(H,18,21). The molecule has 1 N–H and O–H groups in total. The largest absolute Gasteiger partial charge is 0.497 e. The molecule has 2 rings (SSSR count). The van der Waals surface area contributed by atoms with Gasteiger partial charge in [0.1, 0.15) is 5.75 Å². The Bertz CT molecular complexity index is 745. The van der Waals surface area contributed by atoms with Crippen LogP contribution in [0.1, 0.15) is 10.4 Å². The Morgan fingerprint density at radius 1 is 1.45 bits per heavy atom.